The molecule has 1 aromatic carbocycles. The minimum atomic E-state index is 0.482. The second-order valence-corrected chi connectivity index (χ2v) is 7.47. The van der Waals surface area contributed by atoms with Crippen LogP contribution in [0.1, 0.15) is 45.6 Å². The molecule has 0 aliphatic heterocycles. The van der Waals surface area contributed by atoms with Crippen molar-refractivity contribution in [1.82, 2.24) is 0 Å². The fourth-order valence-corrected chi connectivity index (χ4v) is 3.83. The predicted molar refractivity (Wildman–Crippen MR) is 85.8 cm³/mol. The van der Waals surface area contributed by atoms with Gasteiger partial charge in [0.25, 0.3) is 0 Å². The van der Waals surface area contributed by atoms with E-state index in [1.807, 2.05) is 11.8 Å². The summed E-state index contributed by atoms with van der Waals surface area (Å²) in [5.41, 5.74) is 8.95. The molecule has 1 unspecified atom stereocenters. The molecule has 1 saturated carbocycles. The topological polar surface area (TPSA) is 38.0 Å². The van der Waals surface area contributed by atoms with E-state index in [9.17, 15) is 0 Å². The Morgan fingerprint density at radius 3 is 2.79 bits per heavy atom. The number of hydrogen-bond donors (Lipinski definition) is 2. The van der Waals surface area contributed by atoms with Gasteiger partial charge in [0, 0.05) is 28.7 Å². The van der Waals surface area contributed by atoms with Crippen LogP contribution >= 0.6 is 11.8 Å². The van der Waals surface area contributed by atoms with E-state index in [1.54, 1.807) is 0 Å². The van der Waals surface area contributed by atoms with Gasteiger partial charge in [0.1, 0.15) is 0 Å². The predicted octanol–water partition coefficient (Wildman–Crippen LogP) is 4.25. The summed E-state index contributed by atoms with van der Waals surface area (Å²) in [6.45, 7) is 7.52. The monoisotopic (exact) mass is 278 g/mol. The van der Waals surface area contributed by atoms with Gasteiger partial charge in [0.05, 0.1) is 0 Å². The standard InChI is InChI=1S/C16H26N2S/c1-4-19-15-7-5-6-14(13(15)11-17)18-12-8-9-16(2,3)10-12/h5-7,12,18H,4,8-11,17H2,1-3H3. The van der Waals surface area contributed by atoms with Gasteiger partial charge in [-0.1, -0.05) is 26.8 Å². The fraction of sp³-hybridized carbons (Fsp3) is 0.625. The van der Waals surface area contributed by atoms with Crippen LogP contribution in [0.25, 0.3) is 0 Å². The molecule has 1 aromatic rings. The van der Waals surface area contributed by atoms with Crippen LogP contribution in [0.15, 0.2) is 23.1 Å². The molecule has 19 heavy (non-hydrogen) atoms. The van der Waals surface area contributed by atoms with Crippen LogP contribution in [0.4, 0.5) is 5.69 Å². The number of benzene rings is 1. The lowest BCUT2D eigenvalue weighted by Gasteiger charge is -2.21. The Hall–Kier alpha value is -0.670. The van der Waals surface area contributed by atoms with Gasteiger partial charge in [-0.25, -0.2) is 0 Å². The number of nitrogens with one attached hydrogen (secondary N) is 1. The van der Waals surface area contributed by atoms with Crippen molar-refractivity contribution in [3.63, 3.8) is 0 Å². The Balaban J connectivity index is 2.14. The Bertz CT molecular complexity index is 429. The van der Waals surface area contributed by atoms with E-state index < -0.39 is 0 Å². The van der Waals surface area contributed by atoms with Gasteiger partial charge in [0.2, 0.25) is 0 Å². The first-order valence-corrected chi connectivity index (χ1v) is 8.25. The molecule has 0 aromatic heterocycles. The van der Waals surface area contributed by atoms with Crippen LogP contribution in [0.5, 0.6) is 0 Å². The maximum atomic E-state index is 5.96. The van der Waals surface area contributed by atoms with Crippen molar-refractivity contribution in [3.05, 3.63) is 23.8 Å². The summed E-state index contributed by atoms with van der Waals surface area (Å²) in [4.78, 5) is 1.33. The normalized spacial score (nSPS) is 21.6. The highest BCUT2D eigenvalue weighted by molar-refractivity contribution is 7.99. The molecule has 0 heterocycles. The Labute approximate surface area is 121 Å². The highest BCUT2D eigenvalue weighted by Crippen LogP contribution is 2.39. The molecule has 0 saturated heterocycles. The van der Waals surface area contributed by atoms with Crippen LogP contribution < -0.4 is 11.1 Å². The quantitative estimate of drug-likeness (QED) is 0.791. The van der Waals surface area contributed by atoms with Crippen LogP contribution in [0, 0.1) is 5.41 Å². The molecule has 0 amide bonds. The van der Waals surface area contributed by atoms with E-state index >= 15 is 0 Å². The Morgan fingerprint density at radius 2 is 2.21 bits per heavy atom. The zero-order chi connectivity index (χ0) is 13.9. The molecule has 1 aliphatic carbocycles. The van der Waals surface area contributed by atoms with Crippen LogP contribution in [0.3, 0.4) is 0 Å². The first-order valence-electron chi connectivity index (χ1n) is 7.27. The van der Waals surface area contributed by atoms with Gasteiger partial charge < -0.3 is 11.1 Å². The SMILES string of the molecule is CCSc1cccc(NC2CCC(C)(C)C2)c1CN. The first kappa shape index (κ1) is 14.7. The molecule has 3 N–H and O–H groups in total. The van der Waals surface area contributed by atoms with Gasteiger partial charge in [-0.05, 0) is 42.6 Å². The molecule has 3 heteroatoms. The second kappa shape index (κ2) is 6.19. The summed E-state index contributed by atoms with van der Waals surface area (Å²) in [5, 5.41) is 3.72. The maximum Gasteiger partial charge on any atom is 0.0399 e. The van der Waals surface area contributed by atoms with Gasteiger partial charge in [0.15, 0.2) is 0 Å². The molecule has 0 spiro atoms. The molecule has 1 atom stereocenters. The minimum Gasteiger partial charge on any atom is -0.382 e. The highest BCUT2D eigenvalue weighted by Gasteiger charge is 2.31. The molecular weight excluding hydrogens is 252 g/mol. The van der Waals surface area contributed by atoms with Crippen molar-refractivity contribution < 1.29 is 0 Å². The maximum absolute atomic E-state index is 5.96. The van der Waals surface area contributed by atoms with E-state index in [4.69, 9.17) is 5.73 Å². The van der Waals surface area contributed by atoms with Gasteiger partial charge in [-0.3, -0.25) is 0 Å². The molecular formula is C16H26N2S. The van der Waals surface area contributed by atoms with E-state index in [0.29, 0.717) is 18.0 Å². The molecule has 0 radical (unpaired) electrons. The number of anilines is 1. The van der Waals surface area contributed by atoms with Gasteiger partial charge in [-0.15, -0.1) is 11.8 Å². The summed E-state index contributed by atoms with van der Waals surface area (Å²) in [6.07, 6.45) is 3.83. The van der Waals surface area contributed by atoms with Crippen LogP contribution in [-0.2, 0) is 6.54 Å². The number of nitrogens with two attached hydrogens (primary N) is 1. The molecule has 0 bridgehead atoms. The van der Waals surface area contributed by atoms with Crippen molar-refractivity contribution in [2.24, 2.45) is 11.1 Å². The van der Waals surface area contributed by atoms with E-state index in [0.717, 1.165) is 5.75 Å². The Morgan fingerprint density at radius 1 is 1.42 bits per heavy atom. The molecule has 1 aliphatic rings. The van der Waals surface area contributed by atoms with Crippen molar-refractivity contribution in [3.8, 4) is 0 Å². The largest absolute Gasteiger partial charge is 0.382 e. The van der Waals surface area contributed by atoms with E-state index in [-0.39, 0.29) is 0 Å². The average Bonchev–Trinajstić information content (AvgIpc) is 2.69. The number of rotatable bonds is 5. The highest BCUT2D eigenvalue weighted by atomic mass is 32.2. The first-order chi connectivity index (χ1) is 9.05. The molecule has 1 fully saturated rings. The number of thioether (sulfide) groups is 1. The lowest BCUT2D eigenvalue weighted by molar-refractivity contribution is 0.378. The third kappa shape index (κ3) is 3.67. The summed E-state index contributed by atoms with van der Waals surface area (Å²) >= 11 is 1.88. The number of hydrogen-bond acceptors (Lipinski definition) is 3. The van der Waals surface area contributed by atoms with Gasteiger partial charge >= 0.3 is 0 Å². The molecule has 106 valence electrons. The third-order valence-electron chi connectivity index (χ3n) is 3.97. The second-order valence-electron chi connectivity index (χ2n) is 6.17. The lowest BCUT2D eigenvalue weighted by atomic mass is 9.92. The third-order valence-corrected chi connectivity index (χ3v) is 4.95. The zero-order valence-electron chi connectivity index (χ0n) is 12.3. The van der Waals surface area contributed by atoms with E-state index in [2.05, 4.69) is 44.3 Å². The molecule has 2 rings (SSSR count). The summed E-state index contributed by atoms with van der Waals surface area (Å²) in [7, 11) is 0. The van der Waals surface area contributed by atoms with Crippen molar-refractivity contribution in [2.45, 2.75) is 57.5 Å². The van der Waals surface area contributed by atoms with Crippen molar-refractivity contribution in [1.29, 1.82) is 0 Å². The fourth-order valence-electron chi connectivity index (χ4n) is 2.98. The zero-order valence-corrected chi connectivity index (χ0v) is 13.1. The Kier molecular flexibility index (Phi) is 4.80. The van der Waals surface area contributed by atoms with Crippen LogP contribution in [-0.4, -0.2) is 11.8 Å². The van der Waals surface area contributed by atoms with E-state index in [1.165, 1.54) is 35.4 Å². The van der Waals surface area contributed by atoms with Gasteiger partial charge in [-0.2, -0.15) is 0 Å². The summed E-state index contributed by atoms with van der Waals surface area (Å²) < 4.78 is 0. The van der Waals surface area contributed by atoms with Crippen LogP contribution in [0.2, 0.25) is 0 Å². The average molecular weight is 278 g/mol. The van der Waals surface area contributed by atoms with Crippen molar-refractivity contribution in [2.75, 3.05) is 11.1 Å². The van der Waals surface area contributed by atoms with Crippen molar-refractivity contribution >= 4 is 17.4 Å². The minimum absolute atomic E-state index is 0.482. The smallest absolute Gasteiger partial charge is 0.0399 e. The molecule has 2 nitrogen and oxygen atoms in total. The summed E-state index contributed by atoms with van der Waals surface area (Å²) in [6, 6.07) is 7.09. The lowest BCUT2D eigenvalue weighted by Crippen LogP contribution is -2.19. The summed E-state index contributed by atoms with van der Waals surface area (Å²) in [5.74, 6) is 1.09.